The summed E-state index contributed by atoms with van der Waals surface area (Å²) in [5, 5.41) is 5.87. The molecule has 1 aromatic heterocycles. The van der Waals surface area contributed by atoms with Gasteiger partial charge >= 0.3 is 0 Å². The van der Waals surface area contributed by atoms with Crippen molar-refractivity contribution in [2.45, 2.75) is 17.7 Å². The quantitative estimate of drug-likeness (QED) is 0.496. The predicted molar refractivity (Wildman–Crippen MR) is 124 cm³/mol. The first-order chi connectivity index (χ1) is 15.0. The van der Waals surface area contributed by atoms with Gasteiger partial charge in [0.15, 0.2) is 0 Å². The lowest BCUT2D eigenvalue weighted by Crippen LogP contribution is -2.41. The van der Waals surface area contributed by atoms with Crippen LogP contribution in [0.15, 0.2) is 71.8 Å². The Morgan fingerprint density at radius 1 is 0.968 bits per heavy atom. The fraction of sp³-hybridized carbons (Fsp3) is 0.217. The number of anilines is 1. The second-order valence-corrected chi connectivity index (χ2v) is 10.5. The van der Waals surface area contributed by atoms with Crippen LogP contribution in [0.1, 0.15) is 12.8 Å². The molecule has 4 aromatic rings. The Kier molecular flexibility index (Phi) is 5.21. The fourth-order valence-electron chi connectivity index (χ4n) is 4.03. The summed E-state index contributed by atoms with van der Waals surface area (Å²) in [6.45, 7) is 0.668. The number of fused-ring (bicyclic) bond motifs is 2. The largest absolute Gasteiger partial charge is 0.326 e. The number of hydrogen-bond donors (Lipinski definition) is 1. The Balaban J connectivity index is 1.25. The molecule has 0 saturated carbocycles. The zero-order valence-corrected chi connectivity index (χ0v) is 18.3. The minimum Gasteiger partial charge on any atom is -0.326 e. The molecule has 1 aliphatic rings. The normalized spacial score (nSPS) is 16.0. The van der Waals surface area contributed by atoms with Crippen molar-refractivity contribution in [2.24, 2.45) is 5.92 Å². The maximum atomic E-state index is 13.1. The lowest BCUT2D eigenvalue weighted by atomic mass is 9.97. The Labute approximate surface area is 184 Å². The van der Waals surface area contributed by atoms with Crippen LogP contribution in [0.2, 0.25) is 0 Å². The SMILES string of the molecule is O=C(Nc1ccc2sncc2c1)C1CCN(S(=O)(=O)c2ccc3ccccc3c2)CC1. The topological polar surface area (TPSA) is 79.4 Å². The fourth-order valence-corrected chi connectivity index (χ4v) is 6.16. The van der Waals surface area contributed by atoms with Gasteiger partial charge in [-0.25, -0.2) is 8.42 Å². The van der Waals surface area contributed by atoms with Crippen LogP contribution in [0.4, 0.5) is 5.69 Å². The first-order valence-electron chi connectivity index (χ1n) is 10.1. The Morgan fingerprint density at radius 3 is 2.55 bits per heavy atom. The molecule has 8 heteroatoms. The molecule has 2 heterocycles. The molecule has 1 amide bonds. The summed E-state index contributed by atoms with van der Waals surface area (Å²) >= 11 is 1.42. The third kappa shape index (κ3) is 3.94. The van der Waals surface area contributed by atoms with Gasteiger partial charge in [-0.15, -0.1) is 0 Å². The number of carbonyl (C=O) groups excluding carboxylic acids is 1. The van der Waals surface area contributed by atoms with Crippen molar-refractivity contribution in [1.82, 2.24) is 8.68 Å². The highest BCUT2D eigenvalue weighted by molar-refractivity contribution is 7.89. The van der Waals surface area contributed by atoms with Gasteiger partial charge in [0.25, 0.3) is 0 Å². The Bertz CT molecular complexity index is 1370. The molecule has 1 N–H and O–H groups in total. The van der Waals surface area contributed by atoms with Crippen molar-refractivity contribution in [1.29, 1.82) is 0 Å². The number of benzene rings is 3. The Morgan fingerprint density at radius 2 is 1.74 bits per heavy atom. The van der Waals surface area contributed by atoms with Gasteiger partial charge in [-0.2, -0.15) is 8.68 Å². The van der Waals surface area contributed by atoms with Gasteiger partial charge in [0.2, 0.25) is 15.9 Å². The molecule has 0 aliphatic carbocycles. The molecule has 31 heavy (non-hydrogen) atoms. The van der Waals surface area contributed by atoms with Crippen molar-refractivity contribution < 1.29 is 13.2 Å². The minimum atomic E-state index is -3.58. The number of hydrogen-bond acceptors (Lipinski definition) is 5. The van der Waals surface area contributed by atoms with Crippen LogP contribution < -0.4 is 5.32 Å². The van der Waals surface area contributed by atoms with E-state index in [1.54, 1.807) is 18.3 Å². The van der Waals surface area contributed by atoms with Gasteiger partial charge in [0, 0.05) is 36.3 Å². The summed E-state index contributed by atoms with van der Waals surface area (Å²) in [5.74, 6) is -0.273. The summed E-state index contributed by atoms with van der Waals surface area (Å²) in [7, 11) is -3.58. The van der Waals surface area contributed by atoms with E-state index in [0.717, 1.165) is 26.5 Å². The minimum absolute atomic E-state index is 0.0645. The van der Waals surface area contributed by atoms with E-state index in [-0.39, 0.29) is 11.8 Å². The van der Waals surface area contributed by atoms with Crippen LogP contribution in [-0.2, 0) is 14.8 Å². The van der Waals surface area contributed by atoms with Gasteiger partial charge in [-0.05, 0) is 65.5 Å². The molecule has 0 spiro atoms. The van der Waals surface area contributed by atoms with E-state index >= 15 is 0 Å². The van der Waals surface area contributed by atoms with Gasteiger partial charge in [-0.1, -0.05) is 30.3 Å². The van der Waals surface area contributed by atoms with Crippen LogP contribution in [0.3, 0.4) is 0 Å². The number of nitrogens with one attached hydrogen (secondary N) is 1. The predicted octanol–water partition coefficient (Wildman–Crippen LogP) is 4.49. The number of carbonyl (C=O) groups is 1. The van der Waals surface area contributed by atoms with Crippen LogP contribution in [0, 0.1) is 5.92 Å². The third-order valence-electron chi connectivity index (χ3n) is 5.80. The van der Waals surface area contributed by atoms with Gasteiger partial charge in [-0.3, -0.25) is 4.79 Å². The second-order valence-electron chi connectivity index (χ2n) is 7.75. The zero-order valence-electron chi connectivity index (χ0n) is 16.7. The number of amides is 1. The first kappa shape index (κ1) is 20.1. The van der Waals surface area contributed by atoms with Crippen LogP contribution in [0.25, 0.3) is 20.9 Å². The van der Waals surface area contributed by atoms with E-state index in [2.05, 4.69) is 9.69 Å². The third-order valence-corrected chi connectivity index (χ3v) is 8.48. The molecule has 6 nitrogen and oxygen atoms in total. The number of nitrogens with zero attached hydrogens (tertiary/aromatic N) is 2. The second kappa shape index (κ2) is 8.03. The summed E-state index contributed by atoms with van der Waals surface area (Å²) in [6, 6.07) is 18.6. The molecule has 3 aromatic carbocycles. The van der Waals surface area contributed by atoms with Crippen LogP contribution in [-0.4, -0.2) is 36.1 Å². The number of sulfonamides is 1. The highest BCUT2D eigenvalue weighted by Gasteiger charge is 2.32. The van der Waals surface area contributed by atoms with Crippen molar-refractivity contribution in [3.8, 4) is 0 Å². The molecule has 5 rings (SSSR count). The lowest BCUT2D eigenvalue weighted by molar-refractivity contribution is -0.120. The molecule has 1 saturated heterocycles. The van der Waals surface area contributed by atoms with Crippen molar-refractivity contribution >= 4 is 54.0 Å². The zero-order chi connectivity index (χ0) is 21.4. The molecule has 0 radical (unpaired) electrons. The molecule has 0 unspecified atom stereocenters. The monoisotopic (exact) mass is 451 g/mol. The van der Waals surface area contributed by atoms with E-state index in [0.29, 0.717) is 30.8 Å². The summed E-state index contributed by atoms with van der Waals surface area (Å²) in [5.41, 5.74) is 0.740. The molecule has 0 bridgehead atoms. The van der Waals surface area contributed by atoms with Crippen molar-refractivity contribution in [3.05, 3.63) is 66.9 Å². The van der Waals surface area contributed by atoms with Gasteiger partial charge < -0.3 is 5.32 Å². The number of piperidine rings is 1. The maximum absolute atomic E-state index is 13.1. The van der Waals surface area contributed by atoms with Gasteiger partial charge in [0.05, 0.1) is 9.60 Å². The summed E-state index contributed by atoms with van der Waals surface area (Å²) < 4.78 is 33.0. The number of aromatic nitrogens is 1. The highest BCUT2D eigenvalue weighted by Crippen LogP contribution is 2.28. The molecule has 0 atom stereocenters. The van der Waals surface area contributed by atoms with Crippen LogP contribution >= 0.6 is 11.5 Å². The van der Waals surface area contributed by atoms with E-state index in [1.807, 2.05) is 48.5 Å². The highest BCUT2D eigenvalue weighted by atomic mass is 32.2. The molecular weight excluding hydrogens is 430 g/mol. The molecule has 158 valence electrons. The van der Waals surface area contributed by atoms with Crippen LogP contribution in [0.5, 0.6) is 0 Å². The lowest BCUT2D eigenvalue weighted by Gasteiger charge is -2.30. The van der Waals surface area contributed by atoms with E-state index in [9.17, 15) is 13.2 Å². The average Bonchev–Trinajstić information content (AvgIpc) is 3.27. The average molecular weight is 452 g/mol. The first-order valence-corrected chi connectivity index (χ1v) is 12.4. The smallest absolute Gasteiger partial charge is 0.243 e. The maximum Gasteiger partial charge on any atom is 0.243 e. The van der Waals surface area contributed by atoms with Gasteiger partial charge in [0.1, 0.15) is 0 Å². The number of rotatable bonds is 4. The van der Waals surface area contributed by atoms with Crippen molar-refractivity contribution in [3.63, 3.8) is 0 Å². The molecular formula is C23H21N3O3S2. The molecule has 1 aliphatic heterocycles. The Hall–Kier alpha value is -2.81. The standard InChI is InChI=1S/C23H21N3O3S2/c27-23(25-20-6-8-22-19(13-20)15-24-30-22)17-9-11-26(12-10-17)31(28,29)21-7-5-16-3-1-2-4-18(16)14-21/h1-8,13-15,17H,9-12H2,(H,25,27). The summed E-state index contributed by atoms with van der Waals surface area (Å²) in [6.07, 6.45) is 2.79. The van der Waals surface area contributed by atoms with E-state index < -0.39 is 10.0 Å². The van der Waals surface area contributed by atoms with Crippen molar-refractivity contribution in [2.75, 3.05) is 18.4 Å². The summed E-state index contributed by atoms with van der Waals surface area (Å²) in [4.78, 5) is 13.0. The van der Waals surface area contributed by atoms with E-state index in [4.69, 9.17) is 0 Å². The van der Waals surface area contributed by atoms with E-state index in [1.165, 1.54) is 15.8 Å². The molecule has 1 fully saturated rings.